The van der Waals surface area contributed by atoms with Crippen LogP contribution in [0.3, 0.4) is 0 Å². The third-order valence-corrected chi connectivity index (χ3v) is 2.63. The minimum absolute atomic E-state index is 0.0493. The molecule has 1 aromatic carbocycles. The quantitative estimate of drug-likeness (QED) is 0.864. The molecule has 0 radical (unpaired) electrons. The number of aryl methyl sites for hydroxylation is 1. The third-order valence-electron chi connectivity index (χ3n) is 2.63. The van der Waals surface area contributed by atoms with E-state index in [0.717, 1.165) is 18.0 Å². The van der Waals surface area contributed by atoms with Crippen molar-refractivity contribution in [2.45, 2.75) is 6.92 Å². The Morgan fingerprint density at radius 2 is 1.90 bits per heavy atom. The number of benzene rings is 1. The normalized spacial score (nSPS) is 9.95. The van der Waals surface area contributed by atoms with Crippen molar-refractivity contribution in [1.82, 2.24) is 9.97 Å². The summed E-state index contributed by atoms with van der Waals surface area (Å²) in [5.74, 6) is -1.48. The Kier molecular flexibility index (Phi) is 4.45. The maximum absolute atomic E-state index is 11.7. The lowest BCUT2D eigenvalue weighted by Gasteiger charge is -2.08. The molecular weight excluding hydrogens is 274 g/mol. The lowest BCUT2D eigenvalue weighted by atomic mass is 10.2. The van der Waals surface area contributed by atoms with E-state index in [1.165, 1.54) is 0 Å². The third kappa shape index (κ3) is 4.00. The fourth-order valence-corrected chi connectivity index (χ4v) is 1.53. The Morgan fingerprint density at radius 1 is 1.24 bits per heavy atom. The molecule has 108 valence electrons. The van der Waals surface area contributed by atoms with Gasteiger partial charge in [0.25, 0.3) is 5.91 Å². The van der Waals surface area contributed by atoms with Gasteiger partial charge in [0.05, 0.1) is 5.56 Å². The number of hydrogen-bond donors (Lipinski definition) is 2. The highest BCUT2D eigenvalue weighted by Crippen LogP contribution is 2.12. The number of aromatic carboxylic acids is 1. The molecule has 0 bridgehead atoms. The molecule has 0 spiro atoms. The molecule has 0 atom stereocenters. The van der Waals surface area contributed by atoms with Gasteiger partial charge in [0.15, 0.2) is 6.61 Å². The van der Waals surface area contributed by atoms with Crippen molar-refractivity contribution in [3.8, 4) is 6.01 Å². The van der Waals surface area contributed by atoms with Crippen molar-refractivity contribution in [3.63, 3.8) is 0 Å². The molecule has 1 aromatic heterocycles. The highest BCUT2D eigenvalue weighted by atomic mass is 16.5. The summed E-state index contributed by atoms with van der Waals surface area (Å²) in [7, 11) is 0. The van der Waals surface area contributed by atoms with Gasteiger partial charge in [-0.1, -0.05) is 18.2 Å². The van der Waals surface area contributed by atoms with E-state index in [1.54, 1.807) is 6.07 Å². The number of hydrogen-bond acceptors (Lipinski definition) is 5. The summed E-state index contributed by atoms with van der Waals surface area (Å²) in [5.41, 5.74) is 1.59. The average Bonchev–Trinajstić information content (AvgIpc) is 2.48. The topological polar surface area (TPSA) is 101 Å². The number of carbonyl (C=O) groups is 2. The number of para-hydroxylation sites is 1. The van der Waals surface area contributed by atoms with Crippen LogP contribution >= 0.6 is 0 Å². The van der Waals surface area contributed by atoms with Crippen molar-refractivity contribution < 1.29 is 19.4 Å². The molecule has 0 fully saturated rings. The Morgan fingerprint density at radius 3 is 2.52 bits per heavy atom. The fraction of sp³-hybridized carbons (Fsp3) is 0.143. The summed E-state index contributed by atoms with van der Waals surface area (Å²) in [6.45, 7) is 1.62. The number of nitrogens with zero attached hydrogens (tertiary/aromatic N) is 2. The maximum atomic E-state index is 11.7. The number of nitrogens with one attached hydrogen (secondary N) is 1. The monoisotopic (exact) mass is 287 g/mol. The van der Waals surface area contributed by atoms with Crippen molar-refractivity contribution in [2.75, 3.05) is 11.9 Å². The van der Waals surface area contributed by atoms with Crippen molar-refractivity contribution >= 4 is 17.6 Å². The summed E-state index contributed by atoms with van der Waals surface area (Å²) < 4.78 is 5.09. The van der Waals surface area contributed by atoms with E-state index in [1.807, 2.05) is 25.1 Å². The second-order valence-electron chi connectivity index (χ2n) is 4.21. The lowest BCUT2D eigenvalue weighted by Crippen LogP contribution is -2.21. The van der Waals surface area contributed by atoms with Gasteiger partial charge in [0.2, 0.25) is 0 Å². The molecule has 0 aliphatic heterocycles. The van der Waals surface area contributed by atoms with E-state index < -0.39 is 5.97 Å². The van der Waals surface area contributed by atoms with Gasteiger partial charge >= 0.3 is 12.0 Å². The molecule has 2 rings (SSSR count). The molecule has 0 aliphatic carbocycles. The zero-order valence-electron chi connectivity index (χ0n) is 11.2. The van der Waals surface area contributed by atoms with Crippen LogP contribution < -0.4 is 10.1 Å². The van der Waals surface area contributed by atoms with Gasteiger partial charge in [-0.3, -0.25) is 4.79 Å². The number of rotatable bonds is 5. The minimum Gasteiger partial charge on any atom is -0.478 e. The van der Waals surface area contributed by atoms with Crippen molar-refractivity contribution in [1.29, 1.82) is 0 Å². The molecule has 0 unspecified atom stereocenters. The molecule has 7 heteroatoms. The first-order valence-corrected chi connectivity index (χ1v) is 6.10. The van der Waals surface area contributed by atoms with Crippen molar-refractivity contribution in [2.24, 2.45) is 0 Å². The van der Waals surface area contributed by atoms with Gasteiger partial charge in [-0.15, -0.1) is 0 Å². The highest BCUT2D eigenvalue weighted by molar-refractivity contribution is 5.92. The number of anilines is 1. The predicted octanol–water partition coefficient (Wildman–Crippen LogP) is 1.50. The molecule has 0 saturated heterocycles. The van der Waals surface area contributed by atoms with E-state index in [-0.39, 0.29) is 24.1 Å². The largest absolute Gasteiger partial charge is 0.478 e. The molecule has 2 N–H and O–H groups in total. The molecule has 21 heavy (non-hydrogen) atoms. The first kappa shape index (κ1) is 14.4. The Hall–Kier alpha value is -2.96. The van der Waals surface area contributed by atoms with Crippen LogP contribution in [0.4, 0.5) is 5.69 Å². The van der Waals surface area contributed by atoms with Crippen LogP contribution in [-0.2, 0) is 4.79 Å². The number of carboxylic acids is 1. The van der Waals surface area contributed by atoms with Gasteiger partial charge in [0.1, 0.15) is 0 Å². The molecule has 7 nitrogen and oxygen atoms in total. The Bertz CT molecular complexity index is 656. The number of amides is 1. The second kappa shape index (κ2) is 6.47. The SMILES string of the molecule is Cc1ccccc1NC(=O)COc1ncc(C(=O)O)cn1. The molecule has 0 aliphatic rings. The van der Waals surface area contributed by atoms with E-state index in [0.29, 0.717) is 5.69 Å². The summed E-state index contributed by atoms with van der Waals surface area (Å²) in [6.07, 6.45) is 2.23. The Balaban J connectivity index is 1.89. The molecule has 2 aromatic rings. The van der Waals surface area contributed by atoms with Crippen LogP contribution in [0.5, 0.6) is 6.01 Å². The molecule has 0 saturated carbocycles. The van der Waals surface area contributed by atoms with Gasteiger partial charge in [-0.05, 0) is 18.6 Å². The van der Waals surface area contributed by atoms with E-state index >= 15 is 0 Å². The van der Waals surface area contributed by atoms with Gasteiger partial charge in [-0.25, -0.2) is 14.8 Å². The number of aromatic nitrogens is 2. The van der Waals surface area contributed by atoms with Crippen LogP contribution in [0.15, 0.2) is 36.7 Å². The van der Waals surface area contributed by atoms with Crippen molar-refractivity contribution in [3.05, 3.63) is 47.8 Å². The summed E-state index contributed by atoms with van der Waals surface area (Å²) >= 11 is 0. The second-order valence-corrected chi connectivity index (χ2v) is 4.21. The van der Waals surface area contributed by atoms with Crippen LogP contribution in [0.1, 0.15) is 15.9 Å². The van der Waals surface area contributed by atoms with Crippen LogP contribution in [0.2, 0.25) is 0 Å². The molecule has 1 amide bonds. The predicted molar refractivity (Wildman–Crippen MR) is 74.3 cm³/mol. The van der Waals surface area contributed by atoms with Crippen LogP contribution in [0.25, 0.3) is 0 Å². The van der Waals surface area contributed by atoms with Gasteiger partial charge in [-0.2, -0.15) is 0 Å². The fourth-order valence-electron chi connectivity index (χ4n) is 1.53. The number of ether oxygens (including phenoxy) is 1. The number of carbonyl (C=O) groups excluding carboxylic acids is 1. The molecule has 1 heterocycles. The summed E-state index contributed by atoms with van der Waals surface area (Å²) in [6, 6.07) is 7.30. The number of carboxylic acid groups (broad SMARTS) is 1. The van der Waals surface area contributed by atoms with E-state index in [4.69, 9.17) is 9.84 Å². The molecular formula is C14H13N3O4. The standard InChI is InChI=1S/C14H13N3O4/c1-9-4-2-3-5-11(9)17-12(18)8-21-14-15-6-10(7-16-14)13(19)20/h2-7H,8H2,1H3,(H,17,18)(H,19,20). The minimum atomic E-state index is -1.13. The summed E-state index contributed by atoms with van der Waals surface area (Å²) in [5, 5.41) is 11.4. The highest BCUT2D eigenvalue weighted by Gasteiger charge is 2.08. The lowest BCUT2D eigenvalue weighted by molar-refractivity contribution is -0.118. The Labute approximate surface area is 120 Å². The first-order chi connectivity index (χ1) is 10.1. The first-order valence-electron chi connectivity index (χ1n) is 6.10. The van der Waals surface area contributed by atoms with Gasteiger partial charge < -0.3 is 15.2 Å². The zero-order valence-corrected chi connectivity index (χ0v) is 11.2. The van der Waals surface area contributed by atoms with E-state index in [2.05, 4.69) is 15.3 Å². The smallest absolute Gasteiger partial charge is 0.338 e. The average molecular weight is 287 g/mol. The van der Waals surface area contributed by atoms with Gasteiger partial charge in [0, 0.05) is 18.1 Å². The van der Waals surface area contributed by atoms with Crippen LogP contribution in [-0.4, -0.2) is 33.6 Å². The maximum Gasteiger partial charge on any atom is 0.338 e. The zero-order chi connectivity index (χ0) is 15.2. The van der Waals surface area contributed by atoms with E-state index in [9.17, 15) is 9.59 Å². The van der Waals surface area contributed by atoms with Crippen LogP contribution in [0, 0.1) is 6.92 Å². The summed E-state index contributed by atoms with van der Waals surface area (Å²) in [4.78, 5) is 29.8.